The van der Waals surface area contributed by atoms with Gasteiger partial charge in [0.2, 0.25) is 0 Å². The smallest absolute Gasteiger partial charge is 0.338 e. The Labute approximate surface area is 131 Å². The number of carbonyl (C=O) groups is 1. The Bertz CT molecular complexity index is 450. The van der Waals surface area contributed by atoms with Crippen LogP contribution in [-0.4, -0.2) is 25.4 Å². The van der Waals surface area contributed by atoms with Crippen LogP contribution in [0.5, 0.6) is 5.75 Å². The predicted molar refractivity (Wildman–Crippen MR) is 84.0 cm³/mol. The second-order valence-corrected chi connectivity index (χ2v) is 5.93. The second-order valence-electron chi connectivity index (χ2n) is 5.93. The van der Waals surface area contributed by atoms with Gasteiger partial charge in [-0.15, -0.1) is 0 Å². The van der Waals surface area contributed by atoms with Crippen LogP contribution in [0.15, 0.2) is 24.3 Å². The minimum Gasteiger partial charge on any atom is -0.494 e. The standard InChI is InChI=1S/C18H25FO3/c1-2-3-12-21-16-10-6-15(7-11-16)18(20)22-17-8-4-14(13-19)5-9-17/h6-7,10-11,14,17H,2-5,8-9,12-13H2,1H3/t14-,17-. The fourth-order valence-corrected chi connectivity index (χ4v) is 2.65. The Hall–Kier alpha value is -1.58. The molecule has 1 saturated carbocycles. The van der Waals surface area contributed by atoms with Crippen LogP contribution in [0.2, 0.25) is 0 Å². The summed E-state index contributed by atoms with van der Waals surface area (Å²) in [5.41, 5.74) is 0.537. The third kappa shape index (κ3) is 5.00. The highest BCUT2D eigenvalue weighted by atomic mass is 19.1. The molecule has 0 unspecified atom stereocenters. The minimum atomic E-state index is -0.302. The van der Waals surface area contributed by atoms with Gasteiger partial charge in [0.05, 0.1) is 18.8 Å². The number of esters is 1. The van der Waals surface area contributed by atoms with E-state index in [-0.39, 0.29) is 24.7 Å². The van der Waals surface area contributed by atoms with Crippen molar-refractivity contribution in [1.82, 2.24) is 0 Å². The molecule has 0 atom stereocenters. The average Bonchev–Trinajstić information content (AvgIpc) is 2.56. The lowest BCUT2D eigenvalue weighted by Gasteiger charge is -2.26. The first-order chi connectivity index (χ1) is 10.7. The number of hydrogen-bond acceptors (Lipinski definition) is 3. The lowest BCUT2D eigenvalue weighted by molar-refractivity contribution is 0.0154. The van der Waals surface area contributed by atoms with Crippen molar-refractivity contribution in [3.8, 4) is 5.75 Å². The van der Waals surface area contributed by atoms with E-state index < -0.39 is 0 Å². The molecule has 1 fully saturated rings. The Kier molecular flexibility index (Phi) is 6.69. The molecule has 0 aliphatic heterocycles. The molecule has 0 bridgehead atoms. The van der Waals surface area contributed by atoms with E-state index >= 15 is 0 Å². The van der Waals surface area contributed by atoms with E-state index in [1.54, 1.807) is 24.3 Å². The lowest BCUT2D eigenvalue weighted by Crippen LogP contribution is -2.25. The van der Waals surface area contributed by atoms with Gasteiger partial charge in [-0.25, -0.2) is 4.79 Å². The van der Waals surface area contributed by atoms with Crippen LogP contribution in [0.1, 0.15) is 55.8 Å². The molecule has 1 aliphatic carbocycles. The van der Waals surface area contributed by atoms with Crippen molar-refractivity contribution in [1.29, 1.82) is 0 Å². The molecule has 22 heavy (non-hydrogen) atoms. The van der Waals surface area contributed by atoms with Gasteiger partial charge in [0.15, 0.2) is 0 Å². The third-order valence-corrected chi connectivity index (χ3v) is 4.14. The van der Waals surface area contributed by atoms with Gasteiger partial charge in [-0.2, -0.15) is 0 Å². The van der Waals surface area contributed by atoms with Crippen molar-refractivity contribution in [3.05, 3.63) is 29.8 Å². The van der Waals surface area contributed by atoms with Crippen LogP contribution in [0.3, 0.4) is 0 Å². The molecule has 1 aliphatic rings. The number of benzene rings is 1. The zero-order valence-electron chi connectivity index (χ0n) is 13.2. The van der Waals surface area contributed by atoms with Crippen molar-refractivity contribution >= 4 is 5.97 Å². The molecule has 122 valence electrons. The summed E-state index contributed by atoms with van der Waals surface area (Å²) in [5, 5.41) is 0. The van der Waals surface area contributed by atoms with Crippen LogP contribution >= 0.6 is 0 Å². The number of alkyl halides is 1. The summed E-state index contributed by atoms with van der Waals surface area (Å²) in [7, 11) is 0. The van der Waals surface area contributed by atoms with Crippen molar-refractivity contribution in [2.75, 3.05) is 13.3 Å². The van der Waals surface area contributed by atoms with Gasteiger partial charge in [0.1, 0.15) is 11.9 Å². The fourth-order valence-electron chi connectivity index (χ4n) is 2.65. The first kappa shape index (κ1) is 16.8. The van der Waals surface area contributed by atoms with E-state index in [1.807, 2.05) is 0 Å². The van der Waals surface area contributed by atoms with E-state index in [0.717, 1.165) is 44.3 Å². The quantitative estimate of drug-likeness (QED) is 0.547. The van der Waals surface area contributed by atoms with E-state index in [9.17, 15) is 9.18 Å². The Morgan fingerprint density at radius 3 is 2.45 bits per heavy atom. The van der Waals surface area contributed by atoms with Gasteiger partial charge in [-0.05, 0) is 62.3 Å². The Morgan fingerprint density at radius 1 is 1.18 bits per heavy atom. The molecule has 1 aromatic rings. The molecule has 0 saturated heterocycles. The van der Waals surface area contributed by atoms with Gasteiger partial charge < -0.3 is 9.47 Å². The van der Waals surface area contributed by atoms with Gasteiger partial charge in [0.25, 0.3) is 0 Å². The molecule has 0 radical (unpaired) electrons. The van der Waals surface area contributed by atoms with Gasteiger partial charge in [-0.1, -0.05) is 13.3 Å². The van der Waals surface area contributed by atoms with Crippen LogP contribution in [0, 0.1) is 5.92 Å². The summed E-state index contributed by atoms with van der Waals surface area (Å²) in [6.07, 6.45) is 5.17. The average molecular weight is 308 g/mol. The van der Waals surface area contributed by atoms with Gasteiger partial charge >= 0.3 is 5.97 Å². The number of halogens is 1. The third-order valence-electron chi connectivity index (χ3n) is 4.14. The molecule has 1 aromatic carbocycles. The molecule has 0 N–H and O–H groups in total. The maximum Gasteiger partial charge on any atom is 0.338 e. The Morgan fingerprint density at radius 2 is 1.86 bits per heavy atom. The van der Waals surface area contributed by atoms with E-state index in [0.29, 0.717) is 12.2 Å². The topological polar surface area (TPSA) is 35.5 Å². The predicted octanol–water partition coefficient (Wildman–Crippen LogP) is 4.55. The molecular weight excluding hydrogens is 283 g/mol. The summed E-state index contributed by atoms with van der Waals surface area (Å²) in [4.78, 5) is 12.1. The van der Waals surface area contributed by atoms with Crippen LogP contribution < -0.4 is 4.74 Å². The second kappa shape index (κ2) is 8.76. The summed E-state index contributed by atoms with van der Waals surface area (Å²) in [6.45, 7) is 2.54. The fraction of sp³-hybridized carbons (Fsp3) is 0.611. The molecular formula is C18H25FO3. The van der Waals surface area contributed by atoms with Gasteiger partial charge in [0, 0.05) is 0 Å². The number of carbonyl (C=O) groups excluding carboxylic acids is 1. The first-order valence-electron chi connectivity index (χ1n) is 8.22. The van der Waals surface area contributed by atoms with Crippen LogP contribution in [-0.2, 0) is 4.74 Å². The Balaban J connectivity index is 1.80. The van der Waals surface area contributed by atoms with Crippen LogP contribution in [0.4, 0.5) is 4.39 Å². The normalized spacial score (nSPS) is 21.4. The monoisotopic (exact) mass is 308 g/mol. The summed E-state index contributed by atoms with van der Waals surface area (Å²) in [6, 6.07) is 7.06. The van der Waals surface area contributed by atoms with E-state index in [4.69, 9.17) is 9.47 Å². The summed E-state index contributed by atoms with van der Waals surface area (Å²) in [5.74, 6) is 0.617. The molecule has 0 spiro atoms. The number of unbranched alkanes of at least 4 members (excludes halogenated alkanes) is 1. The highest BCUT2D eigenvalue weighted by Gasteiger charge is 2.24. The van der Waals surface area contributed by atoms with Crippen molar-refractivity contribution in [2.45, 2.75) is 51.6 Å². The first-order valence-corrected chi connectivity index (χ1v) is 8.22. The zero-order chi connectivity index (χ0) is 15.8. The largest absolute Gasteiger partial charge is 0.494 e. The number of rotatable bonds is 7. The van der Waals surface area contributed by atoms with Gasteiger partial charge in [-0.3, -0.25) is 4.39 Å². The summed E-state index contributed by atoms with van der Waals surface area (Å²) < 4.78 is 23.6. The zero-order valence-corrected chi connectivity index (χ0v) is 13.2. The van der Waals surface area contributed by atoms with E-state index in [2.05, 4.69) is 6.92 Å². The molecule has 0 heterocycles. The van der Waals surface area contributed by atoms with Crippen LogP contribution in [0.25, 0.3) is 0 Å². The lowest BCUT2D eigenvalue weighted by atomic mass is 9.88. The minimum absolute atomic E-state index is 0.0734. The summed E-state index contributed by atoms with van der Waals surface area (Å²) >= 11 is 0. The highest BCUT2D eigenvalue weighted by molar-refractivity contribution is 5.89. The molecule has 2 rings (SSSR count). The van der Waals surface area contributed by atoms with Crippen molar-refractivity contribution in [2.24, 2.45) is 5.92 Å². The van der Waals surface area contributed by atoms with Crippen molar-refractivity contribution in [3.63, 3.8) is 0 Å². The SMILES string of the molecule is CCCCOc1ccc(C(=O)O[C@H]2CC[C@H](CF)CC2)cc1. The maximum absolute atomic E-state index is 12.6. The highest BCUT2D eigenvalue weighted by Crippen LogP contribution is 2.27. The molecule has 4 heteroatoms. The van der Waals surface area contributed by atoms with E-state index in [1.165, 1.54) is 0 Å². The maximum atomic E-state index is 12.6. The molecule has 3 nitrogen and oxygen atoms in total. The number of hydrogen-bond donors (Lipinski definition) is 0. The van der Waals surface area contributed by atoms with Crippen molar-refractivity contribution < 1.29 is 18.7 Å². The number of ether oxygens (including phenoxy) is 2. The molecule has 0 aromatic heterocycles. The molecule has 0 amide bonds.